The minimum Gasteiger partial charge on any atom is -0.338 e. The van der Waals surface area contributed by atoms with Gasteiger partial charge in [0, 0.05) is 44.3 Å². The number of nitrogens with zero attached hydrogens (tertiary/aromatic N) is 3. The summed E-state index contributed by atoms with van der Waals surface area (Å²) in [5.74, 6) is 0.0375. The first kappa shape index (κ1) is 23.0. The molecule has 0 N–H and O–H groups in total. The van der Waals surface area contributed by atoms with Gasteiger partial charge in [0.05, 0.1) is 11.6 Å². The molecule has 6 nitrogen and oxygen atoms in total. The Morgan fingerprint density at radius 1 is 1.03 bits per heavy atom. The number of rotatable bonds is 7. The first-order valence-corrected chi connectivity index (χ1v) is 12.0. The van der Waals surface area contributed by atoms with Crippen molar-refractivity contribution < 1.29 is 13.2 Å². The minimum atomic E-state index is -3.73. The number of likely N-dealkylation sites (N-methyl/N-ethyl adjacent to an activating group) is 1. The van der Waals surface area contributed by atoms with E-state index in [1.807, 2.05) is 47.1 Å². The van der Waals surface area contributed by atoms with Crippen molar-refractivity contribution in [1.29, 1.82) is 0 Å². The molecule has 0 radical (unpaired) electrons. The average molecular weight is 470 g/mol. The van der Waals surface area contributed by atoms with Gasteiger partial charge in [-0.15, -0.1) is 0 Å². The minimum absolute atomic E-state index is 0.0150. The molecular weight excluding hydrogens is 445 g/mol. The molecule has 3 rings (SSSR count). The maximum atomic E-state index is 12.9. The Bertz CT molecular complexity index is 978. The molecule has 0 unspecified atom stereocenters. The van der Waals surface area contributed by atoms with Crippen LogP contribution >= 0.6 is 23.2 Å². The first-order valence-electron chi connectivity index (χ1n) is 9.80. The molecule has 0 aliphatic carbocycles. The number of carbonyl (C=O) groups excluding carboxylic acids is 1. The van der Waals surface area contributed by atoms with E-state index in [-0.39, 0.29) is 22.4 Å². The second-order valence-electron chi connectivity index (χ2n) is 7.15. The van der Waals surface area contributed by atoms with Crippen molar-refractivity contribution >= 4 is 39.1 Å². The highest BCUT2D eigenvalue weighted by Gasteiger charge is 2.31. The SMILES string of the molecule is CCN(Cc1ccccc1)C(=O)CN1CCN(S(=O)(=O)c2cc(Cl)ccc2Cl)CC1. The van der Waals surface area contributed by atoms with E-state index in [0.29, 0.717) is 44.3 Å². The highest BCUT2D eigenvalue weighted by Crippen LogP contribution is 2.28. The number of sulfonamides is 1. The van der Waals surface area contributed by atoms with Crippen LogP contribution in [0.3, 0.4) is 0 Å². The average Bonchev–Trinajstić information content (AvgIpc) is 2.74. The van der Waals surface area contributed by atoms with Gasteiger partial charge in [0.1, 0.15) is 4.90 Å². The largest absolute Gasteiger partial charge is 0.338 e. The van der Waals surface area contributed by atoms with Crippen LogP contribution in [-0.4, -0.2) is 67.7 Å². The first-order chi connectivity index (χ1) is 14.3. The summed E-state index contributed by atoms with van der Waals surface area (Å²) in [5.41, 5.74) is 1.09. The third-order valence-corrected chi connectivity index (χ3v) is 7.77. The van der Waals surface area contributed by atoms with Crippen molar-refractivity contribution in [2.24, 2.45) is 0 Å². The van der Waals surface area contributed by atoms with Gasteiger partial charge in [0.15, 0.2) is 0 Å². The molecule has 0 aromatic heterocycles. The zero-order valence-electron chi connectivity index (χ0n) is 16.8. The number of piperazine rings is 1. The Morgan fingerprint density at radius 3 is 2.33 bits per heavy atom. The van der Waals surface area contributed by atoms with Crippen LogP contribution in [0.1, 0.15) is 12.5 Å². The summed E-state index contributed by atoms with van der Waals surface area (Å²) >= 11 is 12.0. The molecule has 0 atom stereocenters. The summed E-state index contributed by atoms with van der Waals surface area (Å²) < 4.78 is 27.3. The molecule has 1 saturated heterocycles. The van der Waals surface area contributed by atoms with Crippen molar-refractivity contribution in [3.63, 3.8) is 0 Å². The van der Waals surface area contributed by atoms with E-state index in [1.165, 1.54) is 16.4 Å². The Hall–Kier alpha value is -1.64. The number of hydrogen-bond acceptors (Lipinski definition) is 4. The lowest BCUT2D eigenvalue weighted by molar-refractivity contribution is -0.133. The molecular formula is C21H25Cl2N3O3S. The van der Waals surface area contributed by atoms with Gasteiger partial charge >= 0.3 is 0 Å². The highest BCUT2D eigenvalue weighted by atomic mass is 35.5. The Kier molecular flexibility index (Phi) is 7.76. The molecule has 30 heavy (non-hydrogen) atoms. The van der Waals surface area contributed by atoms with Crippen LogP contribution < -0.4 is 0 Å². The smallest absolute Gasteiger partial charge is 0.244 e. The fourth-order valence-corrected chi connectivity index (χ4v) is 5.57. The molecule has 1 heterocycles. The van der Waals surface area contributed by atoms with Gasteiger partial charge in [-0.25, -0.2) is 8.42 Å². The van der Waals surface area contributed by atoms with Crippen molar-refractivity contribution in [3.05, 3.63) is 64.1 Å². The summed E-state index contributed by atoms with van der Waals surface area (Å²) in [6, 6.07) is 14.3. The van der Waals surface area contributed by atoms with E-state index in [9.17, 15) is 13.2 Å². The van der Waals surface area contributed by atoms with Gasteiger partial charge in [-0.2, -0.15) is 4.31 Å². The maximum absolute atomic E-state index is 12.9. The second-order valence-corrected chi connectivity index (χ2v) is 9.90. The van der Waals surface area contributed by atoms with Gasteiger partial charge in [0.2, 0.25) is 15.9 Å². The monoisotopic (exact) mass is 469 g/mol. The second kappa shape index (κ2) is 10.1. The Morgan fingerprint density at radius 2 is 1.70 bits per heavy atom. The van der Waals surface area contributed by atoms with Crippen LogP contribution in [0.25, 0.3) is 0 Å². The van der Waals surface area contributed by atoms with Gasteiger partial charge in [-0.05, 0) is 30.7 Å². The van der Waals surface area contributed by atoms with Crippen molar-refractivity contribution in [2.45, 2.75) is 18.4 Å². The molecule has 1 fully saturated rings. The molecule has 9 heteroatoms. The maximum Gasteiger partial charge on any atom is 0.244 e. The molecule has 1 aliphatic rings. The lowest BCUT2D eigenvalue weighted by Crippen LogP contribution is -2.51. The van der Waals surface area contributed by atoms with Crippen molar-refractivity contribution in [1.82, 2.24) is 14.1 Å². The number of carbonyl (C=O) groups is 1. The van der Waals surface area contributed by atoms with Crippen molar-refractivity contribution in [3.8, 4) is 0 Å². The molecule has 0 spiro atoms. The van der Waals surface area contributed by atoms with E-state index < -0.39 is 10.0 Å². The lowest BCUT2D eigenvalue weighted by Gasteiger charge is -2.34. The van der Waals surface area contributed by atoms with E-state index >= 15 is 0 Å². The summed E-state index contributed by atoms with van der Waals surface area (Å²) in [6.07, 6.45) is 0. The standard InChI is InChI=1S/C21H25Cl2N3O3S/c1-2-25(15-17-6-4-3-5-7-17)21(27)16-24-10-12-26(13-11-24)30(28,29)20-14-18(22)8-9-19(20)23/h3-9,14H,2,10-13,15-16H2,1H3. The number of halogens is 2. The number of hydrogen-bond donors (Lipinski definition) is 0. The van der Waals surface area contributed by atoms with E-state index in [4.69, 9.17) is 23.2 Å². The van der Waals surface area contributed by atoms with Crippen LogP contribution in [0.2, 0.25) is 10.0 Å². The molecule has 0 saturated carbocycles. The van der Waals surface area contributed by atoms with Gasteiger partial charge in [-0.3, -0.25) is 9.69 Å². The summed E-state index contributed by atoms with van der Waals surface area (Å²) in [4.78, 5) is 16.6. The molecule has 1 aliphatic heterocycles. The quantitative estimate of drug-likeness (QED) is 0.623. The van der Waals surface area contributed by atoms with Crippen LogP contribution in [0.5, 0.6) is 0 Å². The lowest BCUT2D eigenvalue weighted by atomic mass is 10.2. The van der Waals surface area contributed by atoms with E-state index in [2.05, 4.69) is 0 Å². The third-order valence-electron chi connectivity index (χ3n) is 5.15. The predicted octanol–water partition coefficient (Wildman–Crippen LogP) is 3.35. The highest BCUT2D eigenvalue weighted by molar-refractivity contribution is 7.89. The molecule has 0 bridgehead atoms. The third kappa shape index (κ3) is 5.53. The number of amides is 1. The van der Waals surface area contributed by atoms with Crippen LogP contribution in [0.4, 0.5) is 0 Å². The van der Waals surface area contributed by atoms with Gasteiger partial charge < -0.3 is 4.90 Å². The molecule has 162 valence electrons. The van der Waals surface area contributed by atoms with Crippen LogP contribution in [-0.2, 0) is 21.4 Å². The summed E-state index contributed by atoms with van der Waals surface area (Å²) in [6.45, 7) is 4.96. The van der Waals surface area contributed by atoms with Crippen molar-refractivity contribution in [2.75, 3.05) is 39.3 Å². The zero-order valence-corrected chi connectivity index (χ0v) is 19.1. The Labute approximate surface area is 188 Å². The molecule has 2 aromatic rings. The normalized spacial score (nSPS) is 15.8. The topological polar surface area (TPSA) is 60.9 Å². The summed E-state index contributed by atoms with van der Waals surface area (Å²) in [7, 11) is -3.73. The van der Waals surface area contributed by atoms with Crippen LogP contribution in [0.15, 0.2) is 53.4 Å². The van der Waals surface area contributed by atoms with Crippen LogP contribution in [0, 0.1) is 0 Å². The predicted molar refractivity (Wildman–Crippen MR) is 119 cm³/mol. The zero-order chi connectivity index (χ0) is 21.7. The number of benzene rings is 2. The van der Waals surface area contributed by atoms with E-state index in [1.54, 1.807) is 6.07 Å². The molecule has 2 aromatic carbocycles. The van der Waals surface area contributed by atoms with Gasteiger partial charge in [0.25, 0.3) is 0 Å². The molecule has 1 amide bonds. The van der Waals surface area contributed by atoms with Gasteiger partial charge in [-0.1, -0.05) is 53.5 Å². The Balaban J connectivity index is 1.58. The van der Waals surface area contributed by atoms with E-state index in [0.717, 1.165) is 5.56 Å². The fraction of sp³-hybridized carbons (Fsp3) is 0.381. The fourth-order valence-electron chi connectivity index (χ4n) is 3.41. The summed E-state index contributed by atoms with van der Waals surface area (Å²) in [5, 5.41) is 0.469.